The van der Waals surface area contributed by atoms with Gasteiger partial charge in [-0.25, -0.2) is 9.18 Å². The van der Waals surface area contributed by atoms with Gasteiger partial charge in [0.25, 0.3) is 0 Å². The third kappa shape index (κ3) is 3.54. The average molecular weight is 330 g/mol. The van der Waals surface area contributed by atoms with Gasteiger partial charge in [0.05, 0.1) is 7.11 Å². The highest BCUT2D eigenvalue weighted by Crippen LogP contribution is 2.28. The molecule has 3 nitrogen and oxygen atoms in total. The molecule has 2 rings (SSSR count). The van der Waals surface area contributed by atoms with Crippen molar-refractivity contribution in [1.29, 1.82) is 0 Å². The van der Waals surface area contributed by atoms with Crippen LogP contribution < -0.4 is 5.32 Å². The number of halogens is 2. The van der Waals surface area contributed by atoms with E-state index in [1.165, 1.54) is 32.1 Å². The summed E-state index contributed by atoms with van der Waals surface area (Å²) in [6.07, 6.45) is 4.48. The second kappa shape index (κ2) is 6.48. The molecule has 0 heterocycles. The molecule has 0 aliphatic heterocycles. The van der Waals surface area contributed by atoms with Crippen LogP contribution in [0.2, 0.25) is 0 Å². The molecule has 1 aliphatic carbocycles. The number of methoxy groups -OCH3 is 1. The van der Waals surface area contributed by atoms with Gasteiger partial charge in [0.2, 0.25) is 0 Å². The van der Waals surface area contributed by atoms with Gasteiger partial charge in [0.1, 0.15) is 11.9 Å². The van der Waals surface area contributed by atoms with Gasteiger partial charge >= 0.3 is 5.97 Å². The maximum Gasteiger partial charge on any atom is 0.327 e. The molecule has 0 saturated heterocycles. The highest BCUT2D eigenvalue weighted by Gasteiger charge is 2.27. The number of esters is 1. The normalized spacial score (nSPS) is 17.4. The monoisotopic (exact) mass is 329 g/mol. The zero-order chi connectivity index (χ0) is 13.8. The van der Waals surface area contributed by atoms with Crippen molar-refractivity contribution in [2.75, 3.05) is 7.11 Å². The van der Waals surface area contributed by atoms with E-state index in [2.05, 4.69) is 21.2 Å². The lowest BCUT2D eigenvalue weighted by Gasteiger charge is -2.22. The molecule has 0 radical (unpaired) electrons. The molecule has 1 atom stereocenters. The van der Waals surface area contributed by atoms with Crippen molar-refractivity contribution in [2.45, 2.75) is 37.8 Å². The van der Waals surface area contributed by atoms with E-state index >= 15 is 0 Å². The maximum absolute atomic E-state index is 13.1. The third-order valence-corrected chi connectivity index (χ3v) is 4.15. The van der Waals surface area contributed by atoms with Crippen LogP contribution >= 0.6 is 15.9 Å². The Morgan fingerprint density at radius 1 is 1.47 bits per heavy atom. The van der Waals surface area contributed by atoms with Gasteiger partial charge in [0.15, 0.2) is 0 Å². The topological polar surface area (TPSA) is 38.3 Å². The standard InChI is InChI=1S/C14H17BrFNO2/c1-19-14(18)13(17-10-4-2-3-5-10)11-7-6-9(16)8-12(11)15/h6-8,10,13,17H,2-5H2,1H3. The van der Waals surface area contributed by atoms with Gasteiger partial charge in [-0.05, 0) is 30.5 Å². The van der Waals surface area contributed by atoms with E-state index in [4.69, 9.17) is 4.74 Å². The Morgan fingerprint density at radius 2 is 2.16 bits per heavy atom. The number of carbonyl (C=O) groups is 1. The van der Waals surface area contributed by atoms with Crippen molar-refractivity contribution in [3.63, 3.8) is 0 Å². The van der Waals surface area contributed by atoms with Crippen LogP contribution in [0.25, 0.3) is 0 Å². The summed E-state index contributed by atoms with van der Waals surface area (Å²) in [6, 6.07) is 4.10. The Hall–Kier alpha value is -0.940. The predicted molar refractivity (Wildman–Crippen MR) is 74.2 cm³/mol. The minimum absolute atomic E-state index is 0.320. The quantitative estimate of drug-likeness (QED) is 0.861. The minimum atomic E-state index is -0.553. The van der Waals surface area contributed by atoms with E-state index < -0.39 is 6.04 Å². The van der Waals surface area contributed by atoms with Crippen LogP contribution in [-0.2, 0) is 9.53 Å². The SMILES string of the molecule is COC(=O)C(NC1CCCC1)c1ccc(F)cc1Br. The molecular formula is C14H17BrFNO2. The first-order valence-corrected chi connectivity index (χ1v) is 7.20. The van der Waals surface area contributed by atoms with Crippen LogP contribution in [0.5, 0.6) is 0 Å². The molecule has 1 unspecified atom stereocenters. The number of hydrogen-bond donors (Lipinski definition) is 1. The smallest absolute Gasteiger partial charge is 0.327 e. The lowest BCUT2D eigenvalue weighted by Crippen LogP contribution is -2.36. The van der Waals surface area contributed by atoms with Crippen LogP contribution in [0.3, 0.4) is 0 Å². The van der Waals surface area contributed by atoms with Crippen LogP contribution in [0.15, 0.2) is 22.7 Å². The predicted octanol–water partition coefficient (Wildman–Crippen LogP) is 3.33. The molecule has 5 heteroatoms. The second-order valence-corrected chi connectivity index (χ2v) is 5.62. The molecule has 1 aromatic rings. The van der Waals surface area contributed by atoms with E-state index in [9.17, 15) is 9.18 Å². The first kappa shape index (κ1) is 14.5. The summed E-state index contributed by atoms with van der Waals surface area (Å²) in [7, 11) is 1.36. The zero-order valence-corrected chi connectivity index (χ0v) is 12.4. The maximum atomic E-state index is 13.1. The van der Waals surface area contributed by atoms with Gasteiger partial charge in [0, 0.05) is 10.5 Å². The molecule has 1 saturated carbocycles. The number of carbonyl (C=O) groups excluding carboxylic acids is 1. The fourth-order valence-electron chi connectivity index (χ4n) is 2.47. The fourth-order valence-corrected chi connectivity index (χ4v) is 3.05. The summed E-state index contributed by atoms with van der Waals surface area (Å²) in [6.45, 7) is 0. The van der Waals surface area contributed by atoms with E-state index in [0.717, 1.165) is 12.8 Å². The van der Waals surface area contributed by atoms with Gasteiger partial charge in [-0.15, -0.1) is 0 Å². The molecule has 1 fully saturated rings. The van der Waals surface area contributed by atoms with Gasteiger partial charge in [-0.2, -0.15) is 0 Å². The van der Waals surface area contributed by atoms with Crippen molar-refractivity contribution in [2.24, 2.45) is 0 Å². The Kier molecular flexibility index (Phi) is 4.93. The molecule has 0 amide bonds. The van der Waals surface area contributed by atoms with Crippen LogP contribution in [0, 0.1) is 5.82 Å². The summed E-state index contributed by atoms with van der Waals surface area (Å²) in [5, 5.41) is 3.32. The van der Waals surface area contributed by atoms with E-state index in [0.29, 0.717) is 16.1 Å². The number of rotatable bonds is 4. The molecule has 1 aromatic carbocycles. The minimum Gasteiger partial charge on any atom is -0.468 e. The molecule has 1 N–H and O–H groups in total. The summed E-state index contributed by atoms with van der Waals surface area (Å²) in [5.74, 6) is -0.681. The Morgan fingerprint density at radius 3 is 2.74 bits per heavy atom. The molecule has 19 heavy (non-hydrogen) atoms. The lowest BCUT2D eigenvalue weighted by atomic mass is 10.1. The molecule has 1 aliphatic rings. The van der Waals surface area contributed by atoms with E-state index in [1.54, 1.807) is 6.07 Å². The van der Waals surface area contributed by atoms with Crippen LogP contribution in [0.1, 0.15) is 37.3 Å². The first-order chi connectivity index (χ1) is 9.11. The Bertz CT molecular complexity index is 461. The lowest BCUT2D eigenvalue weighted by molar-refractivity contribution is -0.143. The largest absolute Gasteiger partial charge is 0.468 e. The Balaban J connectivity index is 2.23. The van der Waals surface area contributed by atoms with Crippen LogP contribution in [-0.4, -0.2) is 19.1 Å². The zero-order valence-electron chi connectivity index (χ0n) is 10.8. The van der Waals surface area contributed by atoms with Crippen molar-refractivity contribution in [3.8, 4) is 0 Å². The van der Waals surface area contributed by atoms with Gasteiger partial charge < -0.3 is 4.74 Å². The van der Waals surface area contributed by atoms with E-state index in [1.807, 2.05) is 0 Å². The number of benzene rings is 1. The number of hydrogen-bond acceptors (Lipinski definition) is 3. The molecule has 0 aromatic heterocycles. The molecule has 0 bridgehead atoms. The first-order valence-electron chi connectivity index (χ1n) is 6.40. The molecule has 104 valence electrons. The molecular weight excluding hydrogens is 313 g/mol. The summed E-state index contributed by atoms with van der Waals surface area (Å²) in [4.78, 5) is 11.9. The molecule has 0 spiro atoms. The summed E-state index contributed by atoms with van der Waals surface area (Å²) >= 11 is 3.31. The van der Waals surface area contributed by atoms with Crippen molar-refractivity contribution < 1.29 is 13.9 Å². The van der Waals surface area contributed by atoms with Crippen LogP contribution in [0.4, 0.5) is 4.39 Å². The average Bonchev–Trinajstić information content (AvgIpc) is 2.89. The highest BCUT2D eigenvalue weighted by molar-refractivity contribution is 9.10. The van der Waals surface area contributed by atoms with Gasteiger partial charge in [-0.3, -0.25) is 5.32 Å². The van der Waals surface area contributed by atoms with Gasteiger partial charge in [-0.1, -0.05) is 34.8 Å². The number of ether oxygens (including phenoxy) is 1. The summed E-state index contributed by atoms with van der Waals surface area (Å²) in [5.41, 5.74) is 0.708. The van der Waals surface area contributed by atoms with Crippen molar-refractivity contribution >= 4 is 21.9 Å². The fraction of sp³-hybridized carbons (Fsp3) is 0.500. The van der Waals surface area contributed by atoms with E-state index in [-0.39, 0.29) is 11.8 Å². The van der Waals surface area contributed by atoms with Crippen molar-refractivity contribution in [3.05, 3.63) is 34.1 Å². The summed E-state index contributed by atoms with van der Waals surface area (Å²) < 4.78 is 18.6. The third-order valence-electron chi connectivity index (χ3n) is 3.47. The second-order valence-electron chi connectivity index (χ2n) is 4.77. The van der Waals surface area contributed by atoms with Crippen molar-refractivity contribution in [1.82, 2.24) is 5.32 Å². The number of nitrogens with one attached hydrogen (secondary N) is 1. The Labute approximate surface area is 120 Å². The highest BCUT2D eigenvalue weighted by atomic mass is 79.9.